The Hall–Kier alpha value is -2.43. The maximum atomic E-state index is 13.2. The highest BCUT2D eigenvalue weighted by Crippen LogP contribution is 2.28. The topological polar surface area (TPSA) is 64.9 Å². The van der Waals surface area contributed by atoms with E-state index in [0.29, 0.717) is 34.1 Å². The van der Waals surface area contributed by atoms with Gasteiger partial charge in [-0.3, -0.25) is 0 Å². The molecule has 2 aromatic heterocycles. The molecule has 102 valence electrons. The van der Waals surface area contributed by atoms with Crippen molar-refractivity contribution in [2.45, 2.75) is 19.8 Å². The minimum Gasteiger partial charge on any atom is -0.454 e. The highest BCUT2D eigenvalue weighted by Gasteiger charge is 2.12. The van der Waals surface area contributed by atoms with E-state index in [0.717, 1.165) is 0 Å². The van der Waals surface area contributed by atoms with Gasteiger partial charge in [-0.25, -0.2) is 14.4 Å². The lowest BCUT2D eigenvalue weighted by atomic mass is 10.2. The van der Waals surface area contributed by atoms with E-state index in [1.54, 1.807) is 18.2 Å². The van der Waals surface area contributed by atoms with Crippen LogP contribution in [0.2, 0.25) is 0 Å². The summed E-state index contributed by atoms with van der Waals surface area (Å²) in [6.45, 7) is 3.99. The molecule has 0 amide bonds. The smallest absolute Gasteiger partial charge is 0.154 e. The van der Waals surface area contributed by atoms with E-state index in [1.165, 1.54) is 12.1 Å². The van der Waals surface area contributed by atoms with Crippen LogP contribution in [0, 0.1) is 5.82 Å². The molecular formula is C15H14FN3O. The first kappa shape index (κ1) is 12.6. The zero-order valence-electron chi connectivity index (χ0n) is 11.2. The summed E-state index contributed by atoms with van der Waals surface area (Å²) < 4.78 is 18.9. The van der Waals surface area contributed by atoms with Crippen molar-refractivity contribution in [3.8, 4) is 11.5 Å². The quantitative estimate of drug-likeness (QED) is 0.771. The molecule has 2 N–H and O–H groups in total. The number of hydrogen-bond acceptors (Lipinski definition) is 4. The molecule has 0 fully saturated rings. The summed E-state index contributed by atoms with van der Waals surface area (Å²) in [6, 6.07) is 7.80. The minimum absolute atomic E-state index is 0.166. The first-order valence-electron chi connectivity index (χ1n) is 6.37. The molecule has 0 spiro atoms. The van der Waals surface area contributed by atoms with Gasteiger partial charge in [-0.05, 0) is 24.3 Å². The van der Waals surface area contributed by atoms with Crippen molar-refractivity contribution in [3.63, 3.8) is 0 Å². The largest absolute Gasteiger partial charge is 0.454 e. The Labute approximate surface area is 115 Å². The third-order valence-electron chi connectivity index (χ3n) is 3.01. The van der Waals surface area contributed by atoms with Crippen LogP contribution in [0.4, 0.5) is 10.2 Å². The average molecular weight is 271 g/mol. The Balaban J connectivity index is 2.15. The fourth-order valence-electron chi connectivity index (χ4n) is 2.01. The number of fused-ring (bicyclic) bond motifs is 1. The van der Waals surface area contributed by atoms with Gasteiger partial charge in [-0.1, -0.05) is 13.8 Å². The first-order valence-corrected chi connectivity index (χ1v) is 6.37. The van der Waals surface area contributed by atoms with Gasteiger partial charge < -0.3 is 10.2 Å². The van der Waals surface area contributed by atoms with Gasteiger partial charge >= 0.3 is 0 Å². The number of benzene rings is 1. The van der Waals surface area contributed by atoms with Crippen LogP contribution in [0.1, 0.15) is 25.6 Å². The molecule has 3 rings (SSSR count). The van der Waals surface area contributed by atoms with Gasteiger partial charge in [0.05, 0.1) is 0 Å². The van der Waals surface area contributed by atoms with Gasteiger partial charge in [0, 0.05) is 17.4 Å². The average Bonchev–Trinajstić information content (AvgIpc) is 2.80. The molecule has 3 aromatic rings. The molecule has 0 aliphatic heterocycles. The predicted molar refractivity (Wildman–Crippen MR) is 75.7 cm³/mol. The van der Waals surface area contributed by atoms with E-state index in [-0.39, 0.29) is 11.7 Å². The highest BCUT2D eigenvalue weighted by molar-refractivity contribution is 5.82. The van der Waals surface area contributed by atoms with Crippen molar-refractivity contribution < 1.29 is 8.81 Å². The number of rotatable bonds is 2. The zero-order valence-corrected chi connectivity index (χ0v) is 11.2. The lowest BCUT2D eigenvalue weighted by Gasteiger charge is -2.06. The lowest BCUT2D eigenvalue weighted by molar-refractivity contribution is 0.617. The molecule has 4 nitrogen and oxygen atoms in total. The Morgan fingerprint density at radius 2 is 1.95 bits per heavy atom. The molecule has 0 unspecified atom stereocenters. The Morgan fingerprint density at radius 1 is 1.15 bits per heavy atom. The first-order chi connectivity index (χ1) is 9.52. The number of halogens is 1. The molecule has 0 saturated heterocycles. The van der Waals surface area contributed by atoms with Crippen molar-refractivity contribution in [2.24, 2.45) is 0 Å². The SMILES string of the molecule is CC(C)c1nc(N)cc(-c2cc3cc(F)ccc3o2)n1. The van der Waals surface area contributed by atoms with E-state index in [1.807, 2.05) is 13.8 Å². The molecule has 0 aliphatic carbocycles. The van der Waals surface area contributed by atoms with Gasteiger partial charge in [-0.15, -0.1) is 0 Å². The molecule has 0 atom stereocenters. The molecule has 0 bridgehead atoms. The number of hydrogen-bond donors (Lipinski definition) is 1. The summed E-state index contributed by atoms with van der Waals surface area (Å²) in [4.78, 5) is 8.63. The van der Waals surface area contributed by atoms with Crippen molar-refractivity contribution >= 4 is 16.8 Å². The third kappa shape index (κ3) is 2.22. The van der Waals surface area contributed by atoms with E-state index < -0.39 is 0 Å². The summed E-state index contributed by atoms with van der Waals surface area (Å²) in [6.07, 6.45) is 0. The summed E-state index contributed by atoms with van der Waals surface area (Å²) in [5.74, 6) is 1.48. The van der Waals surface area contributed by atoms with Gasteiger partial charge in [0.25, 0.3) is 0 Å². The molecule has 0 saturated carbocycles. The summed E-state index contributed by atoms with van der Waals surface area (Å²) in [5, 5.41) is 0.697. The van der Waals surface area contributed by atoms with Crippen molar-refractivity contribution in [3.05, 3.63) is 42.0 Å². The maximum absolute atomic E-state index is 13.2. The van der Waals surface area contributed by atoms with Crippen LogP contribution in [-0.4, -0.2) is 9.97 Å². The Kier molecular flexibility index (Phi) is 2.89. The summed E-state index contributed by atoms with van der Waals surface area (Å²) >= 11 is 0. The Bertz CT molecular complexity index is 780. The number of furan rings is 1. The highest BCUT2D eigenvalue weighted by atomic mass is 19.1. The maximum Gasteiger partial charge on any atom is 0.154 e. The predicted octanol–water partition coefficient (Wildman–Crippen LogP) is 3.73. The second-order valence-corrected chi connectivity index (χ2v) is 4.98. The van der Waals surface area contributed by atoms with Crippen molar-refractivity contribution in [1.82, 2.24) is 9.97 Å². The van der Waals surface area contributed by atoms with Crippen molar-refractivity contribution in [1.29, 1.82) is 0 Å². The normalized spacial score (nSPS) is 11.4. The van der Waals surface area contributed by atoms with E-state index in [9.17, 15) is 4.39 Å². The fourth-order valence-corrected chi connectivity index (χ4v) is 2.01. The van der Waals surface area contributed by atoms with Crippen LogP contribution in [0.5, 0.6) is 0 Å². The number of nitrogens with two attached hydrogens (primary N) is 1. The summed E-state index contributed by atoms with van der Waals surface area (Å²) in [7, 11) is 0. The van der Waals surface area contributed by atoms with Crippen LogP contribution in [0.3, 0.4) is 0 Å². The van der Waals surface area contributed by atoms with Crippen molar-refractivity contribution in [2.75, 3.05) is 5.73 Å². The van der Waals surface area contributed by atoms with Crippen LogP contribution in [0.25, 0.3) is 22.4 Å². The van der Waals surface area contributed by atoms with Gasteiger partial charge in [0.1, 0.15) is 28.7 Å². The monoisotopic (exact) mass is 271 g/mol. The number of aromatic nitrogens is 2. The van der Waals surface area contributed by atoms with E-state index >= 15 is 0 Å². The zero-order chi connectivity index (χ0) is 14.3. The molecule has 0 radical (unpaired) electrons. The second-order valence-electron chi connectivity index (χ2n) is 4.98. The molecule has 1 aromatic carbocycles. The van der Waals surface area contributed by atoms with Gasteiger partial charge in [-0.2, -0.15) is 0 Å². The third-order valence-corrected chi connectivity index (χ3v) is 3.01. The number of nitrogen functional groups attached to an aromatic ring is 1. The fraction of sp³-hybridized carbons (Fsp3) is 0.200. The number of nitrogens with zero attached hydrogens (tertiary/aromatic N) is 2. The molecule has 0 aliphatic rings. The Morgan fingerprint density at radius 3 is 2.70 bits per heavy atom. The number of anilines is 1. The molecule has 20 heavy (non-hydrogen) atoms. The minimum atomic E-state index is -0.296. The second kappa shape index (κ2) is 4.59. The molecular weight excluding hydrogens is 257 g/mol. The van der Waals surface area contributed by atoms with Crippen LogP contribution >= 0.6 is 0 Å². The van der Waals surface area contributed by atoms with Gasteiger partial charge in [0.15, 0.2) is 5.76 Å². The van der Waals surface area contributed by atoms with Gasteiger partial charge in [0.2, 0.25) is 0 Å². The summed E-state index contributed by atoms with van der Waals surface area (Å²) in [5.41, 5.74) is 7.02. The van der Waals surface area contributed by atoms with Crippen LogP contribution in [0.15, 0.2) is 34.7 Å². The lowest BCUT2D eigenvalue weighted by Crippen LogP contribution is -2.02. The molecule has 2 heterocycles. The molecule has 5 heteroatoms. The van der Waals surface area contributed by atoms with E-state index in [4.69, 9.17) is 10.2 Å². The van der Waals surface area contributed by atoms with Crippen LogP contribution < -0.4 is 5.73 Å². The standard InChI is InChI=1S/C15H14FN3O/c1-8(2)15-18-11(7-14(17)19-15)13-6-9-5-10(16)3-4-12(9)20-13/h3-8H,1-2H3,(H2,17,18,19). The van der Waals surface area contributed by atoms with Crippen LogP contribution in [-0.2, 0) is 0 Å². The van der Waals surface area contributed by atoms with E-state index in [2.05, 4.69) is 9.97 Å².